The average molecular weight is 426 g/mol. The summed E-state index contributed by atoms with van der Waals surface area (Å²) in [6, 6.07) is 6.07. The van der Waals surface area contributed by atoms with E-state index in [2.05, 4.69) is 20.6 Å². The number of amides is 1. The summed E-state index contributed by atoms with van der Waals surface area (Å²) in [5, 5.41) is 14.0. The van der Waals surface area contributed by atoms with Crippen LogP contribution in [0.15, 0.2) is 24.4 Å². The van der Waals surface area contributed by atoms with Crippen molar-refractivity contribution in [3.05, 3.63) is 40.7 Å². The Kier molecular flexibility index (Phi) is 6.08. The lowest BCUT2D eigenvalue weighted by molar-refractivity contribution is -0.142. The van der Waals surface area contributed by atoms with Crippen molar-refractivity contribution < 1.29 is 22.7 Å². The van der Waals surface area contributed by atoms with Crippen molar-refractivity contribution in [1.82, 2.24) is 15.3 Å². The Morgan fingerprint density at radius 3 is 2.72 bits per heavy atom. The van der Waals surface area contributed by atoms with E-state index in [1.807, 2.05) is 6.07 Å². The molecule has 0 bridgehead atoms. The summed E-state index contributed by atoms with van der Waals surface area (Å²) in [5.74, 6) is -0.848. The van der Waals surface area contributed by atoms with Gasteiger partial charge in [0.1, 0.15) is 6.07 Å². The number of halogens is 4. The number of benzene rings is 1. The van der Waals surface area contributed by atoms with E-state index in [0.29, 0.717) is 12.5 Å². The van der Waals surface area contributed by atoms with E-state index < -0.39 is 23.7 Å². The van der Waals surface area contributed by atoms with E-state index in [9.17, 15) is 18.0 Å². The van der Waals surface area contributed by atoms with E-state index in [1.54, 1.807) is 0 Å². The van der Waals surface area contributed by atoms with Gasteiger partial charge < -0.3 is 15.4 Å². The maximum absolute atomic E-state index is 13.4. The lowest BCUT2D eigenvalue weighted by Gasteiger charge is -2.25. The molecule has 1 fully saturated rings. The van der Waals surface area contributed by atoms with Crippen LogP contribution >= 0.6 is 11.6 Å². The number of carbonyl (C=O) groups excluding carboxylic acids is 1. The summed E-state index contributed by atoms with van der Waals surface area (Å²) in [7, 11) is 0. The molecule has 0 spiro atoms. The van der Waals surface area contributed by atoms with Gasteiger partial charge in [0.15, 0.2) is 11.4 Å². The van der Waals surface area contributed by atoms with Crippen molar-refractivity contribution in [1.29, 1.82) is 5.26 Å². The highest BCUT2D eigenvalue weighted by Gasteiger charge is 2.38. The number of rotatable bonds is 5. The molecule has 3 rings (SSSR count). The monoisotopic (exact) mass is 425 g/mol. The first-order valence-electron chi connectivity index (χ1n) is 8.63. The second kappa shape index (κ2) is 8.53. The van der Waals surface area contributed by atoms with E-state index in [1.165, 1.54) is 18.2 Å². The number of carbonyl (C=O) groups is 1. The van der Waals surface area contributed by atoms with E-state index >= 15 is 0 Å². The molecule has 2 N–H and O–H groups in total. The molecule has 11 heteroatoms. The summed E-state index contributed by atoms with van der Waals surface area (Å²) in [6.45, 7) is 0.347. The highest BCUT2D eigenvalue weighted by molar-refractivity contribution is 6.32. The van der Waals surface area contributed by atoms with Crippen LogP contribution in [0.25, 0.3) is 0 Å². The Morgan fingerprint density at radius 1 is 1.38 bits per heavy atom. The molecule has 0 radical (unpaired) electrons. The third-order valence-corrected chi connectivity index (χ3v) is 4.64. The normalized spacial score (nSPS) is 13.9. The van der Waals surface area contributed by atoms with Crippen molar-refractivity contribution in [2.24, 2.45) is 5.92 Å². The molecule has 2 aromatic rings. The van der Waals surface area contributed by atoms with Crippen LogP contribution in [-0.2, 0) is 6.18 Å². The van der Waals surface area contributed by atoms with Crippen LogP contribution in [0, 0.1) is 17.2 Å². The molecule has 1 aliphatic rings. The molecule has 1 amide bonds. The second-order valence-corrected chi connectivity index (χ2v) is 6.81. The predicted octanol–water partition coefficient (Wildman–Crippen LogP) is 4.65. The van der Waals surface area contributed by atoms with Crippen LogP contribution in [-0.4, -0.2) is 22.6 Å². The second-order valence-electron chi connectivity index (χ2n) is 6.40. The molecule has 1 aliphatic carbocycles. The van der Waals surface area contributed by atoms with Crippen molar-refractivity contribution in [2.45, 2.75) is 25.4 Å². The van der Waals surface area contributed by atoms with Crippen molar-refractivity contribution in [2.75, 3.05) is 11.9 Å². The summed E-state index contributed by atoms with van der Waals surface area (Å²) in [5.41, 5.74) is -0.895. The molecule has 0 aliphatic heterocycles. The summed E-state index contributed by atoms with van der Waals surface area (Å²) in [4.78, 5) is 19.0. The molecule has 1 heterocycles. The molecule has 1 aromatic heterocycles. The zero-order valence-electron chi connectivity index (χ0n) is 14.9. The Labute approximate surface area is 168 Å². The highest BCUT2D eigenvalue weighted by Crippen LogP contribution is 2.35. The first-order chi connectivity index (χ1) is 13.8. The maximum atomic E-state index is 13.4. The van der Waals surface area contributed by atoms with Crippen LogP contribution in [0.3, 0.4) is 0 Å². The Balaban J connectivity index is 1.76. The van der Waals surface area contributed by atoms with Gasteiger partial charge in [-0.25, -0.2) is 14.8 Å². The fourth-order valence-corrected chi connectivity index (χ4v) is 2.80. The predicted molar refractivity (Wildman–Crippen MR) is 97.9 cm³/mol. The largest absolute Gasteiger partial charge is 0.437 e. The lowest BCUT2D eigenvalue weighted by atomic mass is 9.85. The number of alkyl halides is 3. The van der Waals surface area contributed by atoms with Crippen LogP contribution in [0.1, 0.15) is 30.5 Å². The minimum Gasteiger partial charge on any atom is -0.406 e. The van der Waals surface area contributed by atoms with Gasteiger partial charge in [-0.1, -0.05) is 18.0 Å². The molecular weight excluding hydrogens is 411 g/mol. The number of ether oxygens (including phenoxy) is 1. The first-order valence-corrected chi connectivity index (χ1v) is 9.00. The number of nitriles is 1. The third-order valence-electron chi connectivity index (χ3n) is 4.33. The number of aromatic nitrogens is 2. The zero-order valence-corrected chi connectivity index (χ0v) is 15.6. The molecule has 0 unspecified atom stereocenters. The number of nitrogens with zero attached hydrogens (tertiary/aromatic N) is 3. The lowest BCUT2D eigenvalue weighted by Crippen LogP contribution is -2.34. The topological polar surface area (TPSA) is 99.9 Å². The van der Waals surface area contributed by atoms with Gasteiger partial charge in [-0.15, -0.1) is 0 Å². The van der Waals surface area contributed by atoms with Crippen molar-refractivity contribution in [3.8, 4) is 11.8 Å². The Bertz CT molecular complexity index is 957. The molecule has 0 saturated heterocycles. The quantitative estimate of drug-likeness (QED) is 0.723. The minimum atomic E-state index is -4.87. The highest BCUT2D eigenvalue weighted by atomic mass is 35.5. The first kappa shape index (κ1) is 20.7. The fraction of sp³-hybridized carbons (Fsp3) is 0.333. The van der Waals surface area contributed by atoms with Gasteiger partial charge in [-0.05, 0) is 37.0 Å². The molecule has 29 heavy (non-hydrogen) atoms. The molecule has 1 saturated carbocycles. The van der Waals surface area contributed by atoms with Gasteiger partial charge in [-0.2, -0.15) is 18.4 Å². The van der Waals surface area contributed by atoms with Gasteiger partial charge in [0, 0.05) is 12.2 Å². The number of hydrogen-bond donors (Lipinski definition) is 2. The zero-order chi connectivity index (χ0) is 21.0. The number of hydrogen-bond acceptors (Lipinski definition) is 6. The van der Waals surface area contributed by atoms with Crippen LogP contribution in [0.5, 0.6) is 5.75 Å². The number of nitrogens with one attached hydrogen (secondary N) is 2. The van der Waals surface area contributed by atoms with Crippen LogP contribution in [0.4, 0.5) is 29.6 Å². The molecule has 1 aromatic carbocycles. The average Bonchev–Trinajstić information content (AvgIpc) is 2.61. The van der Waals surface area contributed by atoms with E-state index in [-0.39, 0.29) is 22.2 Å². The molecule has 152 valence electrons. The summed E-state index contributed by atoms with van der Waals surface area (Å²) < 4.78 is 44.9. The number of anilines is 2. The molecular formula is C18H15ClF3N5O2. The standard InChI is InChI=1S/C18H15ClF3N5O2/c19-13-6-12(5-4-11(13)7-23)26-16-24-9-14(15(27-16)18(20,21)22)29-17(28)25-8-10-2-1-3-10/h4-6,9-10H,1-3,8H2,(H,25,28)(H,24,26,27). The van der Waals surface area contributed by atoms with Gasteiger partial charge in [-0.3, -0.25) is 0 Å². The fourth-order valence-electron chi connectivity index (χ4n) is 2.58. The Morgan fingerprint density at radius 2 is 2.14 bits per heavy atom. The van der Waals surface area contributed by atoms with Crippen molar-refractivity contribution >= 4 is 29.3 Å². The van der Waals surface area contributed by atoms with Gasteiger partial charge in [0.05, 0.1) is 16.8 Å². The Hall–Kier alpha value is -3.06. The summed E-state index contributed by atoms with van der Waals surface area (Å²) in [6.07, 6.45) is -2.08. The smallest absolute Gasteiger partial charge is 0.406 e. The minimum absolute atomic E-state index is 0.122. The van der Waals surface area contributed by atoms with Crippen molar-refractivity contribution in [3.63, 3.8) is 0 Å². The third kappa shape index (κ3) is 5.26. The van der Waals surface area contributed by atoms with E-state index in [0.717, 1.165) is 25.5 Å². The van der Waals surface area contributed by atoms with E-state index in [4.69, 9.17) is 21.6 Å². The molecule has 0 atom stereocenters. The van der Waals surface area contributed by atoms with Crippen LogP contribution < -0.4 is 15.4 Å². The van der Waals surface area contributed by atoms with Gasteiger partial charge >= 0.3 is 12.3 Å². The molecule has 7 nitrogen and oxygen atoms in total. The van der Waals surface area contributed by atoms with Gasteiger partial charge in [0.2, 0.25) is 5.95 Å². The SMILES string of the molecule is N#Cc1ccc(Nc2ncc(OC(=O)NCC3CCC3)c(C(F)(F)F)n2)cc1Cl. The summed E-state index contributed by atoms with van der Waals surface area (Å²) >= 11 is 5.90. The van der Waals surface area contributed by atoms with Crippen LogP contribution in [0.2, 0.25) is 5.02 Å². The maximum Gasteiger partial charge on any atom is 0.437 e. The van der Waals surface area contributed by atoms with Gasteiger partial charge in [0.25, 0.3) is 0 Å².